The molecule has 3 heterocycles. The number of fused-ring (bicyclic) bond motifs is 1. The molecule has 1 fully saturated rings. The van der Waals surface area contributed by atoms with Gasteiger partial charge in [0.15, 0.2) is 5.13 Å². The summed E-state index contributed by atoms with van der Waals surface area (Å²) in [5, 5.41) is 4.09. The molecule has 5 nitrogen and oxygen atoms in total. The quantitative estimate of drug-likeness (QED) is 0.918. The number of carbonyl (C=O) groups is 1. The van der Waals surface area contributed by atoms with E-state index in [1.54, 1.807) is 11.3 Å². The highest BCUT2D eigenvalue weighted by atomic mass is 32.1. The molecule has 1 aromatic carbocycles. The predicted octanol–water partition coefficient (Wildman–Crippen LogP) is 3.92. The molecule has 0 bridgehead atoms. The van der Waals surface area contributed by atoms with Crippen molar-refractivity contribution in [3.8, 4) is 0 Å². The molecule has 0 atom stereocenters. The third-order valence-corrected chi connectivity index (χ3v) is 5.68. The SMILES string of the molecule is CC1=C(C(=O)Nc2ccc3nc(N4CCCC4)sc3c2)CCCO1. The van der Waals surface area contributed by atoms with Crippen LogP contribution in [0.4, 0.5) is 10.8 Å². The maximum Gasteiger partial charge on any atom is 0.254 e. The lowest BCUT2D eigenvalue weighted by atomic mass is 10.1. The number of amides is 1. The van der Waals surface area contributed by atoms with Crippen LogP contribution in [0.5, 0.6) is 0 Å². The predicted molar refractivity (Wildman–Crippen MR) is 97.6 cm³/mol. The molecule has 1 saturated heterocycles. The Labute approximate surface area is 145 Å². The first kappa shape index (κ1) is 15.4. The van der Waals surface area contributed by atoms with Gasteiger partial charge >= 0.3 is 0 Å². The number of carbonyl (C=O) groups excluding carboxylic acids is 1. The maximum absolute atomic E-state index is 12.5. The molecule has 0 spiro atoms. The van der Waals surface area contributed by atoms with Gasteiger partial charge in [0.2, 0.25) is 0 Å². The van der Waals surface area contributed by atoms with Crippen LogP contribution in [0.15, 0.2) is 29.5 Å². The molecule has 6 heteroatoms. The Kier molecular flexibility index (Phi) is 4.14. The highest BCUT2D eigenvalue weighted by Crippen LogP contribution is 2.32. The zero-order valence-electron chi connectivity index (χ0n) is 13.8. The number of allylic oxidation sites excluding steroid dienone is 1. The van der Waals surface area contributed by atoms with Crippen molar-refractivity contribution in [1.82, 2.24) is 4.98 Å². The Morgan fingerprint density at radius 2 is 2.12 bits per heavy atom. The molecule has 0 saturated carbocycles. The van der Waals surface area contributed by atoms with E-state index in [1.807, 2.05) is 25.1 Å². The van der Waals surface area contributed by atoms with Gasteiger partial charge in [0, 0.05) is 18.8 Å². The first-order valence-electron chi connectivity index (χ1n) is 8.50. The van der Waals surface area contributed by atoms with Gasteiger partial charge in [0.25, 0.3) is 5.91 Å². The summed E-state index contributed by atoms with van der Waals surface area (Å²) in [4.78, 5) is 19.5. The van der Waals surface area contributed by atoms with E-state index in [-0.39, 0.29) is 5.91 Å². The average molecular weight is 343 g/mol. The van der Waals surface area contributed by atoms with Crippen molar-refractivity contribution in [2.24, 2.45) is 0 Å². The minimum atomic E-state index is -0.0594. The molecular weight excluding hydrogens is 322 g/mol. The van der Waals surface area contributed by atoms with Gasteiger partial charge in [0.05, 0.1) is 22.4 Å². The molecule has 24 heavy (non-hydrogen) atoms. The van der Waals surface area contributed by atoms with E-state index in [2.05, 4.69) is 10.2 Å². The number of ether oxygens (including phenoxy) is 1. The van der Waals surface area contributed by atoms with Gasteiger partial charge in [0.1, 0.15) is 5.76 Å². The summed E-state index contributed by atoms with van der Waals surface area (Å²) in [5.74, 6) is 0.685. The first-order valence-corrected chi connectivity index (χ1v) is 9.32. The van der Waals surface area contributed by atoms with E-state index in [0.717, 1.165) is 58.3 Å². The van der Waals surface area contributed by atoms with E-state index in [0.29, 0.717) is 6.61 Å². The highest BCUT2D eigenvalue weighted by molar-refractivity contribution is 7.22. The van der Waals surface area contributed by atoms with Gasteiger partial charge in [-0.3, -0.25) is 4.79 Å². The van der Waals surface area contributed by atoms with Gasteiger partial charge in [-0.05, 0) is 50.8 Å². The lowest BCUT2D eigenvalue weighted by Gasteiger charge is -2.18. The summed E-state index contributed by atoms with van der Waals surface area (Å²) >= 11 is 1.70. The molecule has 0 aliphatic carbocycles. The molecule has 126 valence electrons. The second kappa shape index (κ2) is 6.43. The number of nitrogens with zero attached hydrogens (tertiary/aromatic N) is 2. The molecule has 2 aliphatic heterocycles. The zero-order valence-corrected chi connectivity index (χ0v) is 14.6. The molecule has 1 aromatic heterocycles. The van der Waals surface area contributed by atoms with Crippen LogP contribution in [0.2, 0.25) is 0 Å². The Morgan fingerprint density at radius 3 is 2.92 bits per heavy atom. The Hall–Kier alpha value is -2.08. The van der Waals surface area contributed by atoms with E-state index in [1.165, 1.54) is 12.8 Å². The van der Waals surface area contributed by atoms with Crippen LogP contribution in [-0.2, 0) is 9.53 Å². The molecular formula is C18H21N3O2S. The number of aromatic nitrogens is 1. The summed E-state index contributed by atoms with van der Waals surface area (Å²) in [6.45, 7) is 4.76. The van der Waals surface area contributed by atoms with Crippen LogP contribution in [0, 0.1) is 0 Å². The number of nitrogens with one attached hydrogen (secondary N) is 1. The average Bonchev–Trinajstić information content (AvgIpc) is 3.24. The van der Waals surface area contributed by atoms with Crippen LogP contribution in [0.25, 0.3) is 10.2 Å². The van der Waals surface area contributed by atoms with E-state index < -0.39 is 0 Å². The van der Waals surface area contributed by atoms with Crippen LogP contribution < -0.4 is 10.2 Å². The van der Waals surface area contributed by atoms with Crippen LogP contribution in [0.1, 0.15) is 32.6 Å². The molecule has 1 amide bonds. The standard InChI is InChI=1S/C18H21N3O2S/c1-12-14(5-4-10-23-12)17(22)19-13-6-7-15-16(11-13)24-18(20-15)21-8-2-3-9-21/h6-7,11H,2-5,8-10H2,1H3,(H,19,22). The van der Waals surface area contributed by atoms with Crippen LogP contribution >= 0.6 is 11.3 Å². The molecule has 0 radical (unpaired) electrons. The number of anilines is 2. The lowest BCUT2D eigenvalue weighted by molar-refractivity contribution is -0.113. The van der Waals surface area contributed by atoms with Crippen LogP contribution in [0.3, 0.4) is 0 Å². The summed E-state index contributed by atoms with van der Waals surface area (Å²) in [6, 6.07) is 5.93. The number of thiazole rings is 1. The Balaban J connectivity index is 1.55. The minimum absolute atomic E-state index is 0.0594. The largest absolute Gasteiger partial charge is 0.498 e. The van der Waals surface area contributed by atoms with E-state index in [4.69, 9.17) is 9.72 Å². The monoisotopic (exact) mass is 343 g/mol. The van der Waals surface area contributed by atoms with Gasteiger partial charge < -0.3 is 15.0 Å². The minimum Gasteiger partial charge on any atom is -0.498 e. The van der Waals surface area contributed by atoms with Crippen molar-refractivity contribution in [2.45, 2.75) is 32.6 Å². The fraction of sp³-hybridized carbons (Fsp3) is 0.444. The van der Waals surface area contributed by atoms with Gasteiger partial charge in [-0.25, -0.2) is 4.98 Å². The molecule has 4 rings (SSSR count). The van der Waals surface area contributed by atoms with Crippen molar-refractivity contribution in [3.63, 3.8) is 0 Å². The smallest absolute Gasteiger partial charge is 0.254 e. The molecule has 2 aliphatic rings. The van der Waals surface area contributed by atoms with Gasteiger partial charge in [-0.2, -0.15) is 0 Å². The fourth-order valence-corrected chi connectivity index (χ4v) is 4.31. The van der Waals surface area contributed by atoms with Gasteiger partial charge in [-0.1, -0.05) is 11.3 Å². The van der Waals surface area contributed by atoms with Crippen molar-refractivity contribution < 1.29 is 9.53 Å². The van der Waals surface area contributed by atoms with E-state index in [9.17, 15) is 4.79 Å². The molecule has 0 unspecified atom stereocenters. The Bertz CT molecular complexity index is 806. The molecule has 1 N–H and O–H groups in total. The summed E-state index contributed by atoms with van der Waals surface area (Å²) in [5.41, 5.74) is 2.56. The highest BCUT2D eigenvalue weighted by Gasteiger charge is 2.19. The summed E-state index contributed by atoms with van der Waals surface area (Å²) < 4.78 is 6.60. The first-order chi connectivity index (χ1) is 11.7. The third kappa shape index (κ3) is 2.98. The van der Waals surface area contributed by atoms with Crippen molar-refractivity contribution >= 4 is 38.3 Å². The maximum atomic E-state index is 12.5. The molecule has 2 aromatic rings. The van der Waals surface area contributed by atoms with Crippen molar-refractivity contribution in [1.29, 1.82) is 0 Å². The van der Waals surface area contributed by atoms with Crippen molar-refractivity contribution in [2.75, 3.05) is 29.9 Å². The normalized spacial score (nSPS) is 18.1. The van der Waals surface area contributed by atoms with Crippen molar-refractivity contribution in [3.05, 3.63) is 29.5 Å². The zero-order chi connectivity index (χ0) is 16.5. The summed E-state index contributed by atoms with van der Waals surface area (Å²) in [7, 11) is 0. The lowest BCUT2D eigenvalue weighted by Crippen LogP contribution is -2.19. The fourth-order valence-electron chi connectivity index (χ4n) is 3.25. The number of rotatable bonds is 3. The number of hydrogen-bond donors (Lipinski definition) is 1. The third-order valence-electron chi connectivity index (χ3n) is 4.60. The Morgan fingerprint density at radius 1 is 1.29 bits per heavy atom. The number of benzene rings is 1. The second-order valence-corrected chi connectivity index (χ2v) is 7.32. The summed E-state index contributed by atoms with van der Waals surface area (Å²) in [6.07, 6.45) is 4.16. The second-order valence-electron chi connectivity index (χ2n) is 6.31. The van der Waals surface area contributed by atoms with Gasteiger partial charge in [-0.15, -0.1) is 0 Å². The number of hydrogen-bond acceptors (Lipinski definition) is 5. The van der Waals surface area contributed by atoms with E-state index >= 15 is 0 Å². The topological polar surface area (TPSA) is 54.5 Å². The van der Waals surface area contributed by atoms with Crippen LogP contribution in [-0.4, -0.2) is 30.6 Å².